The Kier molecular flexibility index (Phi) is 3.64. The Morgan fingerprint density at radius 2 is 2.05 bits per heavy atom. The molecule has 1 aliphatic rings. The van der Waals surface area contributed by atoms with E-state index in [0.29, 0.717) is 11.3 Å². The van der Waals surface area contributed by atoms with Gasteiger partial charge in [0.1, 0.15) is 11.5 Å². The van der Waals surface area contributed by atoms with E-state index >= 15 is 0 Å². The molecule has 0 aliphatic heterocycles. The molecule has 1 amide bonds. The zero-order chi connectivity index (χ0) is 14.8. The summed E-state index contributed by atoms with van der Waals surface area (Å²) in [7, 11) is 0. The summed E-state index contributed by atoms with van der Waals surface area (Å²) < 4.78 is 13.8. The van der Waals surface area contributed by atoms with Crippen LogP contribution in [0.2, 0.25) is 0 Å². The average molecular weight is 285 g/mol. The fraction of sp³-hybridized carbons (Fsp3) is 0.312. The molecule has 0 saturated heterocycles. The highest BCUT2D eigenvalue weighted by Crippen LogP contribution is 2.29. The zero-order valence-electron chi connectivity index (χ0n) is 11.8. The molecular weight excluding hydrogens is 269 g/mol. The van der Waals surface area contributed by atoms with E-state index in [9.17, 15) is 9.18 Å². The van der Waals surface area contributed by atoms with Gasteiger partial charge in [0.2, 0.25) is 0 Å². The summed E-state index contributed by atoms with van der Waals surface area (Å²) >= 11 is 0. The molecule has 5 heteroatoms. The summed E-state index contributed by atoms with van der Waals surface area (Å²) in [5, 5.41) is 0. The van der Waals surface area contributed by atoms with Crippen molar-refractivity contribution in [3.8, 4) is 0 Å². The van der Waals surface area contributed by atoms with Gasteiger partial charge in [0.25, 0.3) is 5.91 Å². The lowest BCUT2D eigenvalue weighted by atomic mass is 10.2. The molecule has 0 spiro atoms. The third-order valence-electron chi connectivity index (χ3n) is 3.55. The molecule has 1 fully saturated rings. The molecule has 0 N–H and O–H groups in total. The largest absolute Gasteiger partial charge is 0.330 e. The summed E-state index contributed by atoms with van der Waals surface area (Å²) in [5.74, 6) is -0.473. The Labute approximate surface area is 122 Å². The van der Waals surface area contributed by atoms with Gasteiger partial charge in [-0.3, -0.25) is 9.78 Å². The van der Waals surface area contributed by atoms with Crippen LogP contribution in [0.15, 0.2) is 36.7 Å². The Morgan fingerprint density at radius 1 is 1.29 bits per heavy atom. The molecule has 0 bridgehead atoms. The molecule has 0 radical (unpaired) electrons. The molecule has 3 rings (SSSR count). The first kappa shape index (κ1) is 13.7. The molecule has 1 aromatic heterocycles. The smallest absolute Gasteiger partial charge is 0.274 e. The third kappa shape index (κ3) is 3.07. The second kappa shape index (κ2) is 5.60. The van der Waals surface area contributed by atoms with Gasteiger partial charge in [-0.1, -0.05) is 18.2 Å². The number of aromatic nitrogens is 2. The van der Waals surface area contributed by atoms with Crippen LogP contribution in [0.1, 0.15) is 34.6 Å². The first-order valence-corrected chi connectivity index (χ1v) is 6.98. The van der Waals surface area contributed by atoms with Crippen LogP contribution in [0, 0.1) is 12.7 Å². The molecule has 1 saturated carbocycles. The van der Waals surface area contributed by atoms with Crippen molar-refractivity contribution < 1.29 is 9.18 Å². The van der Waals surface area contributed by atoms with Crippen LogP contribution in [0.5, 0.6) is 0 Å². The highest BCUT2D eigenvalue weighted by Gasteiger charge is 2.34. The van der Waals surface area contributed by atoms with Gasteiger partial charge >= 0.3 is 0 Å². The molecule has 1 heterocycles. The average Bonchev–Trinajstić information content (AvgIpc) is 3.31. The van der Waals surface area contributed by atoms with Gasteiger partial charge in [0.15, 0.2) is 0 Å². The molecule has 2 aromatic rings. The Morgan fingerprint density at radius 3 is 2.67 bits per heavy atom. The van der Waals surface area contributed by atoms with E-state index in [-0.39, 0.29) is 24.3 Å². The van der Waals surface area contributed by atoms with Crippen LogP contribution in [-0.4, -0.2) is 26.8 Å². The van der Waals surface area contributed by atoms with E-state index in [2.05, 4.69) is 9.97 Å². The monoisotopic (exact) mass is 285 g/mol. The number of halogens is 1. The van der Waals surface area contributed by atoms with Crippen LogP contribution in [0.4, 0.5) is 4.39 Å². The van der Waals surface area contributed by atoms with E-state index in [1.807, 2.05) is 6.92 Å². The fourth-order valence-electron chi connectivity index (χ4n) is 2.21. The SMILES string of the molecule is Cc1cnc(C(=O)N(Cc2ccccc2F)C2CC2)cn1. The maximum atomic E-state index is 13.8. The van der Waals surface area contributed by atoms with Crippen LogP contribution >= 0.6 is 0 Å². The summed E-state index contributed by atoms with van der Waals surface area (Å²) in [4.78, 5) is 22.5. The standard InChI is InChI=1S/C16H16FN3O/c1-11-8-19-15(9-18-11)16(21)20(13-6-7-13)10-12-4-2-3-5-14(12)17/h2-5,8-9,13H,6-7,10H2,1H3. The van der Waals surface area contributed by atoms with E-state index in [1.54, 1.807) is 29.3 Å². The third-order valence-corrected chi connectivity index (χ3v) is 3.55. The summed E-state index contributed by atoms with van der Waals surface area (Å²) in [5.41, 5.74) is 1.60. The number of hydrogen-bond acceptors (Lipinski definition) is 3. The minimum atomic E-state index is -0.286. The van der Waals surface area contributed by atoms with Crippen LogP contribution in [0.25, 0.3) is 0 Å². The summed E-state index contributed by atoms with van der Waals surface area (Å²) in [6.07, 6.45) is 4.97. The molecule has 108 valence electrons. The number of nitrogens with zero attached hydrogens (tertiary/aromatic N) is 3. The lowest BCUT2D eigenvalue weighted by Gasteiger charge is -2.22. The van der Waals surface area contributed by atoms with Crippen molar-refractivity contribution in [2.45, 2.75) is 32.4 Å². The minimum absolute atomic E-state index is 0.181. The molecular formula is C16H16FN3O. The highest BCUT2D eigenvalue weighted by atomic mass is 19.1. The minimum Gasteiger partial charge on any atom is -0.330 e. The first-order valence-electron chi connectivity index (χ1n) is 6.98. The van der Waals surface area contributed by atoms with E-state index in [0.717, 1.165) is 18.5 Å². The predicted octanol–water partition coefficient (Wildman–Crippen LogP) is 2.73. The van der Waals surface area contributed by atoms with Gasteiger partial charge in [-0.2, -0.15) is 0 Å². The van der Waals surface area contributed by atoms with E-state index in [4.69, 9.17) is 0 Å². The second-order valence-electron chi connectivity index (χ2n) is 5.30. The van der Waals surface area contributed by atoms with E-state index in [1.165, 1.54) is 12.3 Å². The molecule has 0 atom stereocenters. The number of rotatable bonds is 4. The second-order valence-corrected chi connectivity index (χ2v) is 5.30. The van der Waals surface area contributed by atoms with Crippen molar-refractivity contribution in [1.82, 2.24) is 14.9 Å². The Bertz CT molecular complexity index is 653. The number of benzene rings is 1. The normalized spacial score (nSPS) is 14.0. The lowest BCUT2D eigenvalue weighted by Crippen LogP contribution is -2.33. The van der Waals surface area contributed by atoms with Crippen molar-refractivity contribution in [1.29, 1.82) is 0 Å². The number of amides is 1. The molecule has 21 heavy (non-hydrogen) atoms. The van der Waals surface area contributed by atoms with Gasteiger partial charge < -0.3 is 4.90 Å². The van der Waals surface area contributed by atoms with Crippen molar-refractivity contribution in [3.05, 3.63) is 59.4 Å². The van der Waals surface area contributed by atoms with Crippen molar-refractivity contribution in [2.24, 2.45) is 0 Å². The first-order chi connectivity index (χ1) is 10.1. The summed E-state index contributed by atoms with van der Waals surface area (Å²) in [6.45, 7) is 2.09. The quantitative estimate of drug-likeness (QED) is 0.867. The van der Waals surface area contributed by atoms with Crippen LogP contribution in [0.3, 0.4) is 0 Å². The van der Waals surface area contributed by atoms with Gasteiger partial charge in [0.05, 0.1) is 11.9 Å². The number of carbonyl (C=O) groups is 1. The van der Waals surface area contributed by atoms with Gasteiger partial charge in [-0.25, -0.2) is 9.37 Å². The predicted molar refractivity (Wildman–Crippen MR) is 76.1 cm³/mol. The summed E-state index contributed by atoms with van der Waals surface area (Å²) in [6, 6.07) is 6.72. The van der Waals surface area contributed by atoms with Gasteiger partial charge in [-0.05, 0) is 25.8 Å². The molecule has 4 nitrogen and oxygen atoms in total. The Hall–Kier alpha value is -2.30. The van der Waals surface area contributed by atoms with Crippen LogP contribution in [-0.2, 0) is 6.54 Å². The molecule has 0 unspecified atom stereocenters. The number of carbonyl (C=O) groups excluding carboxylic acids is 1. The van der Waals surface area contributed by atoms with Gasteiger partial charge in [0, 0.05) is 24.3 Å². The van der Waals surface area contributed by atoms with Gasteiger partial charge in [-0.15, -0.1) is 0 Å². The maximum absolute atomic E-state index is 13.8. The molecule has 1 aliphatic carbocycles. The highest BCUT2D eigenvalue weighted by molar-refractivity contribution is 5.92. The van der Waals surface area contributed by atoms with Crippen molar-refractivity contribution in [2.75, 3.05) is 0 Å². The van der Waals surface area contributed by atoms with Crippen LogP contribution < -0.4 is 0 Å². The van der Waals surface area contributed by atoms with Crippen molar-refractivity contribution in [3.63, 3.8) is 0 Å². The van der Waals surface area contributed by atoms with Crippen molar-refractivity contribution >= 4 is 5.91 Å². The number of hydrogen-bond donors (Lipinski definition) is 0. The fourth-order valence-corrected chi connectivity index (χ4v) is 2.21. The van der Waals surface area contributed by atoms with E-state index < -0.39 is 0 Å². The maximum Gasteiger partial charge on any atom is 0.274 e. The number of aryl methyl sites for hydroxylation is 1. The Balaban J connectivity index is 1.83. The molecule has 1 aromatic carbocycles. The lowest BCUT2D eigenvalue weighted by molar-refractivity contribution is 0.0721. The zero-order valence-corrected chi connectivity index (χ0v) is 11.8. The topological polar surface area (TPSA) is 46.1 Å².